The molecule has 0 aromatic heterocycles. The van der Waals surface area contributed by atoms with Gasteiger partial charge in [-0.1, -0.05) is 24.3 Å². The lowest BCUT2D eigenvalue weighted by Crippen LogP contribution is -1.98. The molecule has 0 amide bonds. The van der Waals surface area contributed by atoms with Gasteiger partial charge >= 0.3 is 11.9 Å². The lowest BCUT2D eigenvalue weighted by Gasteiger charge is -2.04. The van der Waals surface area contributed by atoms with Crippen molar-refractivity contribution in [3.63, 3.8) is 0 Å². The molecule has 0 aliphatic rings. The fourth-order valence-electron chi connectivity index (χ4n) is 1.75. The zero-order chi connectivity index (χ0) is 19.1. The van der Waals surface area contributed by atoms with Gasteiger partial charge in [-0.2, -0.15) is 0 Å². The zero-order valence-electron chi connectivity index (χ0n) is 13.1. The minimum atomic E-state index is -1.10. The maximum Gasteiger partial charge on any atom is 0.343 e. The maximum absolute atomic E-state index is 11.5. The van der Waals surface area contributed by atoms with Gasteiger partial charge in [0.2, 0.25) is 0 Å². The van der Waals surface area contributed by atoms with Gasteiger partial charge in [-0.3, -0.25) is 0 Å². The summed E-state index contributed by atoms with van der Waals surface area (Å²) in [5.74, 6) is -2.19. The third kappa shape index (κ3) is 6.97. The number of benzene rings is 2. The van der Waals surface area contributed by atoms with Gasteiger partial charge in [0, 0.05) is 7.14 Å². The van der Waals surface area contributed by atoms with E-state index in [-0.39, 0.29) is 9.81 Å². The molecular weight excluding hydrogens is 598 g/mol. The van der Waals surface area contributed by atoms with Crippen LogP contribution in [0.4, 0.5) is 0 Å². The number of rotatable bonds is 7. The van der Waals surface area contributed by atoms with E-state index in [1.807, 2.05) is 48.5 Å². The van der Waals surface area contributed by atoms with Gasteiger partial charge in [-0.25, -0.2) is 9.59 Å². The smallest absolute Gasteiger partial charge is 0.343 e. The van der Waals surface area contributed by atoms with Crippen molar-refractivity contribution in [2.24, 2.45) is 0 Å². The Morgan fingerprint density at radius 2 is 1.00 bits per heavy atom. The second kappa shape index (κ2) is 10.4. The summed E-state index contributed by atoms with van der Waals surface area (Å²) in [7, 11) is 1.83. The summed E-state index contributed by atoms with van der Waals surface area (Å²) in [6.07, 6.45) is 3.06. The molecule has 0 bridgehead atoms. The first kappa shape index (κ1) is 21.3. The van der Waals surface area contributed by atoms with Crippen LogP contribution in [0.2, 0.25) is 0 Å². The van der Waals surface area contributed by atoms with Gasteiger partial charge in [0.1, 0.15) is 9.81 Å². The molecule has 2 aromatic carbocycles. The number of carboxylic acids is 2. The number of aliphatic carboxylic acids is 2. The van der Waals surface area contributed by atoms with Gasteiger partial charge in [-0.15, -0.1) is 0 Å². The molecule has 2 N–H and O–H groups in total. The Balaban J connectivity index is 2.19. The number of hydrogen-bond donors (Lipinski definition) is 2. The highest BCUT2D eigenvalue weighted by Crippen LogP contribution is 2.38. The van der Waals surface area contributed by atoms with Crippen LogP contribution >= 0.6 is 66.8 Å². The van der Waals surface area contributed by atoms with Crippen molar-refractivity contribution in [1.29, 1.82) is 0 Å². The van der Waals surface area contributed by atoms with Crippen LogP contribution in [0.1, 0.15) is 11.1 Å². The van der Waals surface area contributed by atoms with Crippen LogP contribution < -0.4 is 0 Å². The summed E-state index contributed by atoms with van der Waals surface area (Å²) >= 11 is 4.34. The van der Waals surface area contributed by atoms with E-state index in [9.17, 15) is 19.8 Å². The maximum atomic E-state index is 11.5. The van der Waals surface area contributed by atoms with Crippen LogP contribution in [0.25, 0.3) is 12.2 Å². The van der Waals surface area contributed by atoms with E-state index in [4.69, 9.17) is 0 Å². The Kier molecular flexibility index (Phi) is 8.51. The molecular formula is C18H12I2O4S2. The van der Waals surface area contributed by atoms with Gasteiger partial charge in [-0.05, 0) is 114 Å². The molecule has 26 heavy (non-hydrogen) atoms. The Morgan fingerprint density at radius 3 is 1.27 bits per heavy atom. The van der Waals surface area contributed by atoms with E-state index in [2.05, 4.69) is 45.2 Å². The topological polar surface area (TPSA) is 74.6 Å². The molecule has 0 atom stereocenters. The molecule has 0 aliphatic carbocycles. The zero-order valence-corrected chi connectivity index (χ0v) is 19.0. The van der Waals surface area contributed by atoms with E-state index in [1.165, 1.54) is 12.2 Å². The third-order valence-corrected chi connectivity index (χ3v) is 6.77. The summed E-state index contributed by atoms with van der Waals surface area (Å²) in [6.45, 7) is 0. The normalized spacial score (nSPS) is 12.1. The van der Waals surface area contributed by atoms with Crippen molar-refractivity contribution < 1.29 is 19.8 Å². The molecule has 0 radical (unpaired) electrons. The molecule has 0 spiro atoms. The minimum absolute atomic E-state index is 0.0611. The van der Waals surface area contributed by atoms with Crippen molar-refractivity contribution in [3.05, 3.63) is 76.6 Å². The second-order valence-corrected chi connectivity index (χ2v) is 9.60. The number of hydrogen-bond acceptors (Lipinski definition) is 4. The molecule has 0 heterocycles. The van der Waals surface area contributed by atoms with E-state index >= 15 is 0 Å². The molecule has 0 saturated heterocycles. The van der Waals surface area contributed by atoms with E-state index in [0.29, 0.717) is 0 Å². The summed E-state index contributed by atoms with van der Waals surface area (Å²) < 4.78 is 2.10. The molecule has 2 aromatic rings. The number of halogens is 2. The van der Waals surface area contributed by atoms with Gasteiger partial charge in [0.15, 0.2) is 0 Å². The summed E-state index contributed by atoms with van der Waals surface area (Å²) in [4.78, 5) is 23.1. The fraction of sp³-hybridized carbons (Fsp3) is 0. The van der Waals surface area contributed by atoms with Crippen LogP contribution in [0.5, 0.6) is 0 Å². The second-order valence-electron chi connectivity index (χ2n) is 4.90. The van der Waals surface area contributed by atoms with E-state index < -0.39 is 11.9 Å². The van der Waals surface area contributed by atoms with Crippen molar-refractivity contribution in [2.75, 3.05) is 0 Å². The highest BCUT2D eigenvalue weighted by molar-refractivity contribution is 14.1. The van der Waals surface area contributed by atoms with E-state index in [0.717, 1.165) is 39.9 Å². The lowest BCUT2D eigenvalue weighted by molar-refractivity contribution is -0.132. The third-order valence-electron chi connectivity index (χ3n) is 2.98. The number of carboxylic acid groups (broad SMARTS) is 2. The van der Waals surface area contributed by atoms with Crippen LogP contribution in [0.15, 0.2) is 58.3 Å². The Morgan fingerprint density at radius 1 is 0.692 bits per heavy atom. The molecule has 0 fully saturated rings. The first-order chi connectivity index (χ1) is 12.3. The van der Waals surface area contributed by atoms with Gasteiger partial charge < -0.3 is 10.2 Å². The Labute approximate surface area is 185 Å². The van der Waals surface area contributed by atoms with Crippen LogP contribution in [0, 0.1) is 7.14 Å². The van der Waals surface area contributed by atoms with Crippen molar-refractivity contribution in [1.82, 2.24) is 0 Å². The van der Waals surface area contributed by atoms with Gasteiger partial charge in [0.05, 0.1) is 0 Å². The molecule has 2 rings (SSSR count). The molecule has 0 unspecified atom stereocenters. The quantitative estimate of drug-likeness (QED) is 0.234. The molecule has 8 heteroatoms. The standard InChI is InChI=1S/C18H12I2O4S2/c19-13-5-1-11(2-6-13)9-15(17(21)22)25-26-16(18(23)24)10-12-3-7-14(20)8-4-12/h1-10H,(H,21,22)(H,23,24)/b15-9-,16-10+. The largest absolute Gasteiger partial charge is 0.477 e. The first-order valence-corrected chi connectivity index (χ1v) is 11.4. The number of carbonyl (C=O) groups is 2. The SMILES string of the molecule is O=C(O)/C(=C/c1ccc(I)cc1)SS/C(=C/c1ccc(I)cc1)C(=O)O. The van der Waals surface area contributed by atoms with E-state index in [1.54, 1.807) is 0 Å². The molecule has 0 saturated carbocycles. The highest BCUT2D eigenvalue weighted by atomic mass is 127. The lowest BCUT2D eigenvalue weighted by atomic mass is 10.2. The van der Waals surface area contributed by atoms with Crippen LogP contribution in [0.3, 0.4) is 0 Å². The van der Waals surface area contributed by atoms with Crippen molar-refractivity contribution >= 4 is 90.9 Å². The van der Waals surface area contributed by atoms with Crippen LogP contribution in [-0.4, -0.2) is 22.2 Å². The molecule has 4 nitrogen and oxygen atoms in total. The van der Waals surface area contributed by atoms with Crippen molar-refractivity contribution in [2.45, 2.75) is 0 Å². The predicted molar refractivity (Wildman–Crippen MR) is 125 cm³/mol. The Bertz CT molecular complexity index is 786. The van der Waals surface area contributed by atoms with Crippen LogP contribution in [-0.2, 0) is 9.59 Å². The first-order valence-electron chi connectivity index (χ1n) is 7.11. The van der Waals surface area contributed by atoms with Gasteiger partial charge in [0.25, 0.3) is 0 Å². The molecule has 0 aliphatic heterocycles. The highest BCUT2D eigenvalue weighted by Gasteiger charge is 2.15. The summed E-state index contributed by atoms with van der Waals surface area (Å²) in [5, 5.41) is 18.8. The average molecular weight is 610 g/mol. The predicted octanol–water partition coefficient (Wildman–Crippen LogP) is 5.83. The summed E-state index contributed by atoms with van der Waals surface area (Å²) in [5.41, 5.74) is 1.49. The molecule has 134 valence electrons. The van der Waals surface area contributed by atoms with Crippen molar-refractivity contribution in [3.8, 4) is 0 Å². The minimum Gasteiger partial charge on any atom is -0.477 e. The summed E-state index contributed by atoms with van der Waals surface area (Å²) in [6, 6.07) is 14.8. The Hall–Kier alpha value is -0.980. The monoisotopic (exact) mass is 610 g/mol. The fourth-order valence-corrected chi connectivity index (χ4v) is 4.42. The average Bonchev–Trinajstić information content (AvgIpc) is 2.60.